The number of hydrogen-bond acceptors (Lipinski definition) is 3. The molecule has 1 N–H and O–H groups in total. The highest BCUT2D eigenvalue weighted by Crippen LogP contribution is 2.33. The van der Waals surface area contributed by atoms with E-state index in [2.05, 4.69) is 0 Å². The number of nitrogens with zero attached hydrogens (tertiary/aromatic N) is 1. The molecule has 0 aliphatic carbocycles. The van der Waals surface area contributed by atoms with Gasteiger partial charge in [-0.2, -0.15) is 0 Å². The summed E-state index contributed by atoms with van der Waals surface area (Å²) in [7, 11) is 1.43. The third kappa shape index (κ3) is 3.06. The Morgan fingerprint density at radius 2 is 1.93 bits per heavy atom. The molecular weight excluding hydrogens is 349 g/mol. The summed E-state index contributed by atoms with van der Waals surface area (Å²) in [6.07, 6.45) is 0. The first kappa shape index (κ1) is 16.9. The lowest BCUT2D eigenvalue weighted by molar-refractivity contribution is 0.0660. The zero-order chi connectivity index (χ0) is 19.0. The van der Waals surface area contributed by atoms with E-state index in [4.69, 9.17) is 14.3 Å². The molecule has 0 atom stereocenters. The minimum atomic E-state index is -1.13. The quantitative estimate of drug-likeness (QED) is 0.552. The van der Waals surface area contributed by atoms with Crippen LogP contribution in [-0.2, 0) is 6.54 Å². The highest BCUT2D eigenvalue weighted by molar-refractivity contribution is 5.88. The number of rotatable bonds is 5. The van der Waals surface area contributed by atoms with Crippen LogP contribution < -0.4 is 4.74 Å². The van der Waals surface area contributed by atoms with Crippen molar-refractivity contribution in [1.29, 1.82) is 0 Å². The van der Waals surface area contributed by atoms with E-state index in [1.165, 1.54) is 19.2 Å². The minimum absolute atomic E-state index is 0.129. The number of aromatic nitrogens is 1. The summed E-state index contributed by atoms with van der Waals surface area (Å²) in [6, 6.07) is 17.7. The van der Waals surface area contributed by atoms with Gasteiger partial charge in [0, 0.05) is 17.1 Å². The van der Waals surface area contributed by atoms with Crippen molar-refractivity contribution >= 4 is 16.9 Å². The summed E-state index contributed by atoms with van der Waals surface area (Å²) in [5.41, 5.74) is 2.49. The number of methoxy groups -OCH3 is 1. The van der Waals surface area contributed by atoms with Gasteiger partial charge in [-0.1, -0.05) is 30.3 Å². The predicted molar refractivity (Wildman–Crippen MR) is 98.7 cm³/mol. The van der Waals surface area contributed by atoms with Crippen LogP contribution in [0.5, 0.6) is 5.75 Å². The van der Waals surface area contributed by atoms with Gasteiger partial charge in [-0.05, 0) is 29.8 Å². The van der Waals surface area contributed by atoms with Crippen LogP contribution in [-0.4, -0.2) is 22.8 Å². The maximum atomic E-state index is 14.3. The Morgan fingerprint density at radius 1 is 1.15 bits per heavy atom. The standard InChI is InChI=1S/C21H16FNO4/c1-26-20-10-14-9-17(13-5-3-2-4-6-13)23(18(14)11-16(20)22)12-15-7-8-19(27-15)21(24)25/h2-11H,12H2,1H3,(H,24,25). The van der Waals surface area contributed by atoms with E-state index < -0.39 is 11.8 Å². The largest absolute Gasteiger partial charge is 0.494 e. The molecule has 0 spiro atoms. The first-order valence-electron chi connectivity index (χ1n) is 8.31. The molecule has 0 bridgehead atoms. The van der Waals surface area contributed by atoms with Gasteiger partial charge in [0.1, 0.15) is 5.76 Å². The van der Waals surface area contributed by atoms with Crippen molar-refractivity contribution in [2.24, 2.45) is 0 Å². The predicted octanol–water partition coefficient (Wildman–Crippen LogP) is 4.80. The van der Waals surface area contributed by atoms with Gasteiger partial charge >= 0.3 is 5.97 Å². The number of carbonyl (C=O) groups is 1. The number of benzene rings is 2. The van der Waals surface area contributed by atoms with Crippen molar-refractivity contribution in [3.05, 3.63) is 78.0 Å². The van der Waals surface area contributed by atoms with Gasteiger partial charge in [-0.15, -0.1) is 0 Å². The highest BCUT2D eigenvalue weighted by Gasteiger charge is 2.17. The van der Waals surface area contributed by atoms with Gasteiger partial charge in [-0.3, -0.25) is 0 Å². The second-order valence-corrected chi connectivity index (χ2v) is 6.10. The molecule has 2 aromatic heterocycles. The summed E-state index contributed by atoms with van der Waals surface area (Å²) in [5, 5.41) is 9.88. The molecule has 0 saturated carbocycles. The summed E-state index contributed by atoms with van der Waals surface area (Å²) < 4.78 is 26.7. The van der Waals surface area contributed by atoms with E-state index in [-0.39, 0.29) is 18.1 Å². The fraction of sp³-hybridized carbons (Fsp3) is 0.0952. The van der Waals surface area contributed by atoms with Crippen LogP contribution in [0.15, 0.2) is 65.1 Å². The lowest BCUT2D eigenvalue weighted by Crippen LogP contribution is -2.01. The SMILES string of the molecule is COc1cc2cc(-c3ccccc3)n(Cc3ccc(C(=O)O)o3)c2cc1F. The van der Waals surface area contributed by atoms with E-state index in [9.17, 15) is 9.18 Å². The summed E-state index contributed by atoms with van der Waals surface area (Å²) >= 11 is 0. The number of ether oxygens (including phenoxy) is 1. The average Bonchev–Trinajstić information content (AvgIpc) is 3.27. The molecule has 136 valence electrons. The first-order valence-corrected chi connectivity index (χ1v) is 8.31. The Kier molecular flexibility index (Phi) is 4.16. The normalized spacial score (nSPS) is 11.0. The third-order valence-corrected chi connectivity index (χ3v) is 4.43. The van der Waals surface area contributed by atoms with E-state index in [0.717, 1.165) is 16.6 Å². The smallest absolute Gasteiger partial charge is 0.371 e. The molecule has 2 aromatic carbocycles. The molecule has 0 aliphatic rings. The van der Waals surface area contributed by atoms with Crippen LogP contribution in [0.3, 0.4) is 0 Å². The van der Waals surface area contributed by atoms with Crippen molar-refractivity contribution in [1.82, 2.24) is 4.57 Å². The van der Waals surface area contributed by atoms with E-state index in [0.29, 0.717) is 11.3 Å². The number of furan rings is 1. The number of carboxylic acids is 1. The second-order valence-electron chi connectivity index (χ2n) is 6.10. The van der Waals surface area contributed by atoms with Crippen LogP contribution in [0, 0.1) is 5.82 Å². The van der Waals surface area contributed by atoms with Crippen LogP contribution in [0.25, 0.3) is 22.2 Å². The average molecular weight is 365 g/mol. The monoisotopic (exact) mass is 365 g/mol. The van der Waals surface area contributed by atoms with Crippen molar-refractivity contribution in [2.45, 2.75) is 6.54 Å². The third-order valence-electron chi connectivity index (χ3n) is 4.43. The number of hydrogen-bond donors (Lipinski definition) is 1. The topological polar surface area (TPSA) is 64.6 Å². The highest BCUT2D eigenvalue weighted by atomic mass is 19.1. The van der Waals surface area contributed by atoms with Gasteiger partial charge in [0.15, 0.2) is 11.6 Å². The number of fused-ring (bicyclic) bond motifs is 1. The first-order chi connectivity index (χ1) is 13.1. The number of aromatic carboxylic acids is 1. The lowest BCUT2D eigenvalue weighted by atomic mass is 10.1. The zero-order valence-electron chi connectivity index (χ0n) is 14.5. The zero-order valence-corrected chi connectivity index (χ0v) is 14.5. The van der Waals surface area contributed by atoms with Crippen molar-refractivity contribution in [3.8, 4) is 17.0 Å². The van der Waals surface area contributed by atoms with Crippen molar-refractivity contribution in [3.63, 3.8) is 0 Å². The number of halogens is 1. The Balaban J connectivity index is 1.89. The van der Waals surface area contributed by atoms with Crippen molar-refractivity contribution < 1.29 is 23.4 Å². The van der Waals surface area contributed by atoms with Crippen LogP contribution >= 0.6 is 0 Å². The van der Waals surface area contributed by atoms with E-state index in [1.54, 1.807) is 12.1 Å². The molecule has 0 aliphatic heterocycles. The summed E-state index contributed by atoms with van der Waals surface area (Å²) in [6.45, 7) is 0.271. The van der Waals surface area contributed by atoms with Crippen LogP contribution in [0.4, 0.5) is 4.39 Å². The fourth-order valence-corrected chi connectivity index (χ4v) is 3.17. The van der Waals surface area contributed by atoms with Crippen molar-refractivity contribution in [2.75, 3.05) is 7.11 Å². The lowest BCUT2D eigenvalue weighted by Gasteiger charge is -2.10. The molecule has 4 rings (SSSR count). The van der Waals surface area contributed by atoms with Crippen LogP contribution in [0.2, 0.25) is 0 Å². The van der Waals surface area contributed by atoms with Gasteiger partial charge in [-0.25, -0.2) is 9.18 Å². The molecule has 0 fully saturated rings. The molecule has 0 saturated heterocycles. The number of carboxylic acid groups (broad SMARTS) is 1. The van der Waals surface area contributed by atoms with Crippen LogP contribution in [0.1, 0.15) is 16.3 Å². The maximum Gasteiger partial charge on any atom is 0.371 e. The second kappa shape index (κ2) is 6.64. The molecule has 0 unspecified atom stereocenters. The molecule has 5 nitrogen and oxygen atoms in total. The van der Waals surface area contributed by atoms with E-state index >= 15 is 0 Å². The minimum Gasteiger partial charge on any atom is -0.494 e. The molecular formula is C21H16FNO4. The molecule has 2 heterocycles. The van der Waals surface area contributed by atoms with Gasteiger partial charge < -0.3 is 18.8 Å². The Bertz CT molecular complexity index is 1130. The summed E-state index contributed by atoms with van der Waals surface area (Å²) in [4.78, 5) is 11.1. The molecule has 4 aromatic rings. The molecule has 6 heteroatoms. The Labute approximate surface area is 154 Å². The summed E-state index contributed by atoms with van der Waals surface area (Å²) in [5.74, 6) is -1.08. The molecule has 27 heavy (non-hydrogen) atoms. The molecule has 0 amide bonds. The van der Waals surface area contributed by atoms with Gasteiger partial charge in [0.05, 0.1) is 19.2 Å². The Hall–Kier alpha value is -3.54. The van der Waals surface area contributed by atoms with Gasteiger partial charge in [0.25, 0.3) is 0 Å². The Morgan fingerprint density at radius 3 is 2.59 bits per heavy atom. The molecule has 0 radical (unpaired) electrons. The van der Waals surface area contributed by atoms with E-state index in [1.807, 2.05) is 41.0 Å². The fourth-order valence-electron chi connectivity index (χ4n) is 3.17. The maximum absolute atomic E-state index is 14.3. The van der Waals surface area contributed by atoms with Gasteiger partial charge in [0.2, 0.25) is 5.76 Å².